The van der Waals surface area contributed by atoms with Crippen LogP contribution >= 0.6 is 23.6 Å². The maximum atomic E-state index is 5.76. The number of nitrogens with zero attached hydrogens (tertiary/aromatic N) is 3. The Morgan fingerprint density at radius 2 is 2.07 bits per heavy atom. The second kappa shape index (κ2) is 9.28. The number of piperidine rings is 1. The van der Waals surface area contributed by atoms with E-state index in [9.17, 15) is 0 Å². The summed E-state index contributed by atoms with van der Waals surface area (Å²) in [6.07, 6.45) is 4.70. The number of rotatable bonds is 5. The van der Waals surface area contributed by atoms with Gasteiger partial charge >= 0.3 is 0 Å². The van der Waals surface area contributed by atoms with Crippen molar-refractivity contribution in [3.05, 3.63) is 29.3 Å². The van der Waals surface area contributed by atoms with E-state index in [-0.39, 0.29) is 0 Å². The molecule has 4 rings (SSSR count). The molecule has 2 saturated heterocycles. The van der Waals surface area contributed by atoms with Crippen molar-refractivity contribution in [2.75, 3.05) is 45.9 Å². The van der Waals surface area contributed by atoms with Crippen molar-refractivity contribution >= 4 is 38.9 Å². The van der Waals surface area contributed by atoms with Gasteiger partial charge in [0.2, 0.25) is 0 Å². The third kappa shape index (κ3) is 4.77. The SMILES string of the molecule is S=C(NCCCN1CCOCC1)N1CCCC[C@H]1c1nc2ccccc2s1. The number of thiocarbonyl (C=S) groups is 1. The summed E-state index contributed by atoms with van der Waals surface area (Å²) in [6, 6.07) is 8.72. The van der Waals surface area contributed by atoms with Gasteiger partial charge in [-0.2, -0.15) is 0 Å². The first kappa shape index (κ1) is 19.1. The summed E-state index contributed by atoms with van der Waals surface area (Å²) in [5, 5.41) is 5.59. The van der Waals surface area contributed by atoms with Gasteiger partial charge in [-0.25, -0.2) is 4.98 Å². The molecular formula is C20H28N4OS2. The number of thiazole rings is 1. The minimum atomic E-state index is 0.315. The van der Waals surface area contributed by atoms with E-state index in [0.29, 0.717) is 6.04 Å². The standard InChI is InChI=1S/C20H28N4OS2/c26-20(21-9-5-10-23-12-14-25-15-13-23)24-11-4-3-7-17(24)19-22-16-6-1-2-8-18(16)27-19/h1-2,6,8,17H,3-5,7,9-15H2,(H,21,26)/t17-/m0/s1. The van der Waals surface area contributed by atoms with E-state index in [1.807, 2.05) is 11.3 Å². The smallest absolute Gasteiger partial charge is 0.169 e. The zero-order valence-electron chi connectivity index (χ0n) is 15.7. The summed E-state index contributed by atoms with van der Waals surface area (Å²) in [5.41, 5.74) is 1.10. The zero-order valence-corrected chi connectivity index (χ0v) is 17.4. The minimum absolute atomic E-state index is 0.315. The number of hydrogen-bond acceptors (Lipinski definition) is 5. The number of aromatic nitrogens is 1. The summed E-state index contributed by atoms with van der Waals surface area (Å²) < 4.78 is 6.68. The molecule has 0 saturated carbocycles. The topological polar surface area (TPSA) is 40.6 Å². The predicted octanol–water partition coefficient (Wildman–Crippen LogP) is 3.42. The first-order valence-electron chi connectivity index (χ1n) is 10.0. The van der Waals surface area contributed by atoms with E-state index in [4.69, 9.17) is 21.9 Å². The van der Waals surface area contributed by atoms with Gasteiger partial charge in [0, 0.05) is 26.2 Å². The number of nitrogens with one attached hydrogen (secondary N) is 1. The lowest BCUT2D eigenvalue weighted by molar-refractivity contribution is 0.0375. The molecule has 2 fully saturated rings. The van der Waals surface area contributed by atoms with Gasteiger partial charge in [-0.1, -0.05) is 12.1 Å². The van der Waals surface area contributed by atoms with E-state index in [1.165, 1.54) is 22.5 Å². The second-order valence-corrected chi connectivity index (χ2v) is 8.71. The van der Waals surface area contributed by atoms with E-state index >= 15 is 0 Å². The molecule has 0 spiro atoms. The summed E-state index contributed by atoms with van der Waals surface area (Å²) in [4.78, 5) is 9.74. The quantitative estimate of drug-likeness (QED) is 0.608. The molecule has 2 aromatic rings. The average molecular weight is 405 g/mol. The van der Waals surface area contributed by atoms with Crippen LogP contribution in [0, 0.1) is 0 Å². The third-order valence-corrected chi connectivity index (χ3v) is 6.91. The molecule has 0 unspecified atom stereocenters. The molecule has 1 aromatic heterocycles. The number of benzene rings is 1. The fourth-order valence-corrected chi connectivity index (χ4v) is 5.32. The van der Waals surface area contributed by atoms with Crippen LogP contribution in [0.4, 0.5) is 0 Å². The minimum Gasteiger partial charge on any atom is -0.379 e. The summed E-state index contributed by atoms with van der Waals surface area (Å²) in [6.45, 7) is 6.90. The van der Waals surface area contributed by atoms with Gasteiger partial charge in [0.1, 0.15) is 5.01 Å². The summed E-state index contributed by atoms with van der Waals surface area (Å²) >= 11 is 7.57. The van der Waals surface area contributed by atoms with Crippen molar-refractivity contribution in [2.24, 2.45) is 0 Å². The molecule has 2 aliphatic rings. The molecule has 5 nitrogen and oxygen atoms in total. The molecule has 7 heteroatoms. The fraction of sp³-hybridized carbons (Fsp3) is 0.600. The van der Waals surface area contributed by atoms with Crippen molar-refractivity contribution in [3.63, 3.8) is 0 Å². The maximum absolute atomic E-state index is 5.76. The lowest BCUT2D eigenvalue weighted by Crippen LogP contribution is -2.45. The molecule has 0 amide bonds. The molecule has 2 aliphatic heterocycles. The number of ether oxygens (including phenoxy) is 1. The Morgan fingerprint density at radius 1 is 1.22 bits per heavy atom. The lowest BCUT2D eigenvalue weighted by Gasteiger charge is -2.36. The average Bonchev–Trinajstić information content (AvgIpc) is 3.16. The number of morpholine rings is 1. The second-order valence-electron chi connectivity index (χ2n) is 7.26. The maximum Gasteiger partial charge on any atom is 0.169 e. The van der Waals surface area contributed by atoms with Crippen molar-refractivity contribution in [1.29, 1.82) is 0 Å². The molecule has 1 atom stereocenters. The zero-order chi connectivity index (χ0) is 18.5. The van der Waals surface area contributed by atoms with Gasteiger partial charge in [-0.15, -0.1) is 11.3 Å². The highest BCUT2D eigenvalue weighted by Crippen LogP contribution is 2.35. The Hall–Kier alpha value is -1.28. The van der Waals surface area contributed by atoms with Crippen LogP contribution in [-0.2, 0) is 4.74 Å². The lowest BCUT2D eigenvalue weighted by atomic mass is 10.0. The Balaban J connectivity index is 1.33. The van der Waals surface area contributed by atoms with E-state index in [0.717, 1.165) is 69.4 Å². The van der Waals surface area contributed by atoms with Crippen molar-refractivity contribution in [3.8, 4) is 0 Å². The number of fused-ring (bicyclic) bond motifs is 1. The van der Waals surface area contributed by atoms with Crippen molar-refractivity contribution in [1.82, 2.24) is 20.1 Å². The van der Waals surface area contributed by atoms with Gasteiger partial charge in [-0.3, -0.25) is 4.90 Å². The number of hydrogen-bond donors (Lipinski definition) is 1. The molecule has 0 aliphatic carbocycles. The van der Waals surface area contributed by atoms with E-state index in [2.05, 4.69) is 39.4 Å². The highest BCUT2D eigenvalue weighted by atomic mass is 32.1. The van der Waals surface area contributed by atoms with Crippen molar-refractivity contribution < 1.29 is 4.74 Å². The first-order valence-corrected chi connectivity index (χ1v) is 11.2. The Morgan fingerprint density at radius 3 is 2.93 bits per heavy atom. The van der Waals surface area contributed by atoms with Crippen LogP contribution in [-0.4, -0.2) is 65.8 Å². The van der Waals surface area contributed by atoms with Gasteiger partial charge < -0.3 is 15.0 Å². The van der Waals surface area contributed by atoms with Crippen LogP contribution in [0.5, 0.6) is 0 Å². The van der Waals surface area contributed by atoms with Gasteiger partial charge in [0.25, 0.3) is 0 Å². The largest absolute Gasteiger partial charge is 0.379 e. The summed E-state index contributed by atoms with van der Waals surface area (Å²) in [5.74, 6) is 0. The molecule has 0 radical (unpaired) electrons. The molecule has 1 N–H and O–H groups in total. The number of likely N-dealkylation sites (tertiary alicyclic amines) is 1. The van der Waals surface area contributed by atoms with Gasteiger partial charge in [0.05, 0.1) is 29.5 Å². The highest BCUT2D eigenvalue weighted by Gasteiger charge is 2.28. The van der Waals surface area contributed by atoms with Crippen LogP contribution in [0.15, 0.2) is 24.3 Å². The number of para-hydroxylation sites is 1. The van der Waals surface area contributed by atoms with Gasteiger partial charge in [0.15, 0.2) is 5.11 Å². The Bertz CT molecular complexity index is 726. The summed E-state index contributed by atoms with van der Waals surface area (Å²) in [7, 11) is 0. The van der Waals surface area contributed by atoms with E-state index < -0.39 is 0 Å². The molecule has 0 bridgehead atoms. The molecule has 1 aromatic carbocycles. The highest BCUT2D eigenvalue weighted by molar-refractivity contribution is 7.80. The predicted molar refractivity (Wildman–Crippen MR) is 115 cm³/mol. The van der Waals surface area contributed by atoms with Crippen LogP contribution in [0.1, 0.15) is 36.7 Å². The third-order valence-electron chi connectivity index (χ3n) is 5.39. The fourth-order valence-electron chi connectivity index (χ4n) is 3.89. The molecule has 146 valence electrons. The Kier molecular flexibility index (Phi) is 6.55. The van der Waals surface area contributed by atoms with Gasteiger partial charge in [-0.05, 0) is 56.6 Å². The molecule has 27 heavy (non-hydrogen) atoms. The molecular weight excluding hydrogens is 376 g/mol. The van der Waals surface area contributed by atoms with Crippen LogP contribution in [0.25, 0.3) is 10.2 Å². The van der Waals surface area contributed by atoms with Crippen LogP contribution < -0.4 is 5.32 Å². The normalized spacial score (nSPS) is 21.5. The monoisotopic (exact) mass is 404 g/mol. The molecule has 3 heterocycles. The Labute approximate surface area is 170 Å². The van der Waals surface area contributed by atoms with Crippen LogP contribution in [0.3, 0.4) is 0 Å². The first-order chi connectivity index (χ1) is 13.3. The van der Waals surface area contributed by atoms with E-state index in [1.54, 1.807) is 0 Å². The van der Waals surface area contributed by atoms with Crippen molar-refractivity contribution in [2.45, 2.75) is 31.7 Å². The van der Waals surface area contributed by atoms with Crippen LogP contribution in [0.2, 0.25) is 0 Å².